The number of carboxylic acids is 1. The van der Waals surface area contributed by atoms with Gasteiger partial charge in [0, 0.05) is 12.4 Å². The Morgan fingerprint density at radius 1 is 1.38 bits per heavy atom. The summed E-state index contributed by atoms with van der Waals surface area (Å²) >= 11 is 0. The molecule has 0 amide bonds. The normalized spacial score (nSPS) is 12.6. The summed E-state index contributed by atoms with van der Waals surface area (Å²) in [6, 6.07) is -0.910. The molecule has 8 heteroatoms. The first-order valence-corrected chi connectivity index (χ1v) is 6.27. The number of esters is 1. The van der Waals surface area contributed by atoms with E-state index in [1.165, 1.54) is 24.1 Å². The molecule has 0 aromatic rings. The Hall–Kier alpha value is -2.64. The number of aliphatic carboxylic acids is 1. The Morgan fingerprint density at radius 3 is 2.57 bits per heavy atom. The molecule has 8 nitrogen and oxygen atoms in total. The Morgan fingerprint density at radius 2 is 2.05 bits per heavy atom. The summed E-state index contributed by atoms with van der Waals surface area (Å²) in [7, 11) is 1.20. The van der Waals surface area contributed by atoms with Crippen LogP contribution in [0.25, 0.3) is 11.3 Å². The number of carboxylic acid groups (broad SMARTS) is 1. The largest absolute Gasteiger partial charge is 0.480 e. The standard InChI is InChI=1S/C13H15N3O5/c1-6(2)10(12(18)19)16-4-7-9(14-15-11(7)17)8(5-16)13(20)21-3/h4-6,10H,1-3H3,(H,15,17)(H,18,19). The smallest absolute Gasteiger partial charge is 0.341 e. The Kier molecular flexibility index (Phi) is 3.79. The van der Waals surface area contributed by atoms with Crippen LogP contribution >= 0.6 is 0 Å². The van der Waals surface area contributed by atoms with Crippen LogP contribution in [0.5, 0.6) is 0 Å². The van der Waals surface area contributed by atoms with Crippen molar-refractivity contribution in [1.29, 1.82) is 0 Å². The second-order valence-corrected chi connectivity index (χ2v) is 4.95. The number of nitrogens with zero attached hydrogens (tertiary/aromatic N) is 2. The quantitative estimate of drug-likeness (QED) is 0.804. The van der Waals surface area contributed by atoms with Gasteiger partial charge < -0.3 is 14.4 Å². The number of H-pyrrole nitrogens is 1. The van der Waals surface area contributed by atoms with E-state index in [2.05, 4.69) is 14.9 Å². The summed E-state index contributed by atoms with van der Waals surface area (Å²) in [5, 5.41) is 15.4. The van der Waals surface area contributed by atoms with Crippen molar-refractivity contribution < 1.29 is 19.4 Å². The van der Waals surface area contributed by atoms with Gasteiger partial charge in [0.2, 0.25) is 0 Å². The molecule has 0 saturated heterocycles. The van der Waals surface area contributed by atoms with Crippen molar-refractivity contribution in [2.45, 2.75) is 19.9 Å². The number of aromatic nitrogens is 3. The molecule has 0 aromatic heterocycles. The van der Waals surface area contributed by atoms with Gasteiger partial charge in [-0.2, -0.15) is 5.10 Å². The fourth-order valence-corrected chi connectivity index (χ4v) is 2.23. The summed E-state index contributed by atoms with van der Waals surface area (Å²) in [6.45, 7) is 3.47. The SMILES string of the molecule is COC(=O)c1cn(C(C(=O)O)C(C)C)cc2c(=O)[nH]nc1-2. The van der Waals surface area contributed by atoms with Crippen LogP contribution in [0.2, 0.25) is 0 Å². The molecule has 0 bridgehead atoms. The van der Waals surface area contributed by atoms with E-state index < -0.39 is 23.5 Å². The van der Waals surface area contributed by atoms with E-state index in [9.17, 15) is 19.5 Å². The maximum Gasteiger partial charge on any atom is 0.341 e. The highest BCUT2D eigenvalue weighted by Crippen LogP contribution is 2.25. The Labute approximate surface area is 119 Å². The molecule has 2 N–H and O–H groups in total. The van der Waals surface area contributed by atoms with Gasteiger partial charge in [0.15, 0.2) is 0 Å². The molecule has 2 heterocycles. The van der Waals surface area contributed by atoms with E-state index in [0.29, 0.717) is 0 Å². The van der Waals surface area contributed by atoms with Crippen LogP contribution in [0.4, 0.5) is 0 Å². The molecule has 0 saturated carbocycles. The minimum atomic E-state index is -1.05. The highest BCUT2D eigenvalue weighted by atomic mass is 16.5. The number of hydrogen-bond donors (Lipinski definition) is 2. The number of pyridine rings is 1. The number of aromatic amines is 1. The number of carbonyl (C=O) groups is 2. The number of carbonyl (C=O) groups excluding carboxylic acids is 1. The van der Waals surface area contributed by atoms with E-state index in [4.69, 9.17) is 0 Å². The number of hydrogen-bond acceptors (Lipinski definition) is 5. The fraction of sp³-hybridized carbons (Fsp3) is 0.385. The molecule has 2 aliphatic heterocycles. The van der Waals surface area contributed by atoms with Crippen LogP contribution in [0.3, 0.4) is 0 Å². The maximum atomic E-state index is 11.8. The number of ether oxygens (including phenoxy) is 1. The third-order valence-electron chi connectivity index (χ3n) is 3.19. The van der Waals surface area contributed by atoms with Gasteiger partial charge in [-0.15, -0.1) is 0 Å². The van der Waals surface area contributed by atoms with Crippen LogP contribution in [-0.4, -0.2) is 38.9 Å². The molecule has 0 spiro atoms. The van der Waals surface area contributed by atoms with Crippen molar-refractivity contribution in [2.75, 3.05) is 7.11 Å². The first-order valence-electron chi connectivity index (χ1n) is 6.27. The molecule has 1 atom stereocenters. The van der Waals surface area contributed by atoms with E-state index >= 15 is 0 Å². The maximum absolute atomic E-state index is 11.8. The zero-order valence-electron chi connectivity index (χ0n) is 11.8. The van der Waals surface area contributed by atoms with Gasteiger partial charge in [0.05, 0.1) is 12.7 Å². The molecule has 0 aromatic carbocycles. The number of nitrogens with one attached hydrogen (secondary N) is 1. The minimum Gasteiger partial charge on any atom is -0.480 e. The van der Waals surface area contributed by atoms with Crippen molar-refractivity contribution in [3.63, 3.8) is 0 Å². The number of rotatable bonds is 4. The van der Waals surface area contributed by atoms with Crippen molar-refractivity contribution in [3.05, 3.63) is 28.3 Å². The topological polar surface area (TPSA) is 114 Å². The van der Waals surface area contributed by atoms with Crippen molar-refractivity contribution in [3.8, 4) is 11.3 Å². The zero-order chi connectivity index (χ0) is 15.7. The lowest BCUT2D eigenvalue weighted by atomic mass is 10.0. The van der Waals surface area contributed by atoms with Gasteiger partial charge in [0.25, 0.3) is 5.56 Å². The van der Waals surface area contributed by atoms with Crippen LogP contribution in [0, 0.1) is 5.92 Å². The van der Waals surface area contributed by atoms with Gasteiger partial charge in [-0.05, 0) is 5.92 Å². The summed E-state index contributed by atoms with van der Waals surface area (Å²) in [4.78, 5) is 35.0. The summed E-state index contributed by atoms with van der Waals surface area (Å²) in [5.41, 5.74) is -0.140. The van der Waals surface area contributed by atoms with Crippen molar-refractivity contribution in [1.82, 2.24) is 14.8 Å². The Bertz CT molecular complexity index is 715. The first kappa shape index (κ1) is 14.8. The third-order valence-corrected chi connectivity index (χ3v) is 3.19. The van der Waals surface area contributed by atoms with Gasteiger partial charge in [-0.3, -0.25) is 4.79 Å². The number of fused-ring (bicyclic) bond motifs is 1. The Balaban J connectivity index is 2.72. The molecule has 1 unspecified atom stereocenters. The second kappa shape index (κ2) is 5.39. The lowest BCUT2D eigenvalue weighted by Gasteiger charge is -2.21. The average molecular weight is 293 g/mol. The molecule has 21 heavy (non-hydrogen) atoms. The molecule has 2 aliphatic rings. The van der Waals surface area contributed by atoms with Crippen molar-refractivity contribution in [2.24, 2.45) is 5.92 Å². The lowest BCUT2D eigenvalue weighted by Crippen LogP contribution is -2.25. The third kappa shape index (κ3) is 2.51. The molecular weight excluding hydrogens is 278 g/mol. The van der Waals surface area contributed by atoms with Gasteiger partial charge >= 0.3 is 11.9 Å². The summed E-state index contributed by atoms with van der Waals surface area (Å²) < 4.78 is 5.99. The number of methoxy groups -OCH3 is 1. The highest BCUT2D eigenvalue weighted by molar-refractivity contribution is 5.96. The highest BCUT2D eigenvalue weighted by Gasteiger charge is 2.28. The van der Waals surface area contributed by atoms with E-state index in [1.807, 2.05) is 0 Å². The average Bonchev–Trinajstić information content (AvgIpc) is 2.78. The summed E-state index contributed by atoms with van der Waals surface area (Å²) in [6.07, 6.45) is 2.72. The predicted molar refractivity (Wildman–Crippen MR) is 72.3 cm³/mol. The first-order chi connectivity index (χ1) is 9.86. The minimum absolute atomic E-state index is 0.0419. The van der Waals surface area contributed by atoms with E-state index in [1.54, 1.807) is 13.8 Å². The molecular formula is C13H15N3O5. The van der Waals surface area contributed by atoms with Crippen LogP contribution in [0.15, 0.2) is 17.2 Å². The van der Waals surface area contributed by atoms with E-state index in [-0.39, 0.29) is 22.7 Å². The second-order valence-electron chi connectivity index (χ2n) is 4.95. The van der Waals surface area contributed by atoms with Gasteiger partial charge in [0.1, 0.15) is 17.3 Å². The van der Waals surface area contributed by atoms with Crippen molar-refractivity contribution >= 4 is 11.9 Å². The van der Waals surface area contributed by atoms with Gasteiger partial charge in [-0.25, -0.2) is 14.7 Å². The molecule has 0 fully saturated rings. The molecule has 112 valence electrons. The molecule has 0 radical (unpaired) electrons. The summed E-state index contributed by atoms with van der Waals surface area (Å²) in [5.74, 6) is -1.98. The monoisotopic (exact) mass is 293 g/mol. The van der Waals surface area contributed by atoms with Crippen LogP contribution in [0.1, 0.15) is 30.2 Å². The van der Waals surface area contributed by atoms with Crippen LogP contribution in [-0.2, 0) is 9.53 Å². The predicted octanol–water partition coefficient (Wildman–Crippen LogP) is 0.744. The fourth-order valence-electron chi connectivity index (χ4n) is 2.23. The lowest BCUT2D eigenvalue weighted by molar-refractivity contribution is -0.142. The zero-order valence-corrected chi connectivity index (χ0v) is 11.8. The molecule has 0 aliphatic carbocycles. The van der Waals surface area contributed by atoms with Crippen LogP contribution < -0.4 is 5.56 Å². The van der Waals surface area contributed by atoms with E-state index in [0.717, 1.165) is 0 Å². The van der Waals surface area contributed by atoms with Gasteiger partial charge in [-0.1, -0.05) is 13.8 Å². The molecule has 2 rings (SSSR count).